The Hall–Kier alpha value is -2.35. The Morgan fingerprint density at radius 2 is 1.71 bits per heavy atom. The highest BCUT2D eigenvalue weighted by molar-refractivity contribution is 5.26. The molecule has 0 fully saturated rings. The van der Waals surface area contributed by atoms with Gasteiger partial charge < -0.3 is 16.2 Å². The van der Waals surface area contributed by atoms with Crippen LogP contribution < -0.4 is 11.5 Å². The second kappa shape index (κ2) is 9.71. The molecular formula is C17H22FN3O3. The minimum Gasteiger partial charge on any atom is -0.374 e. The lowest BCUT2D eigenvalue weighted by atomic mass is 9.91. The molecule has 0 saturated carbocycles. The van der Waals surface area contributed by atoms with Gasteiger partial charge in [-0.2, -0.15) is 0 Å². The second-order valence-corrected chi connectivity index (χ2v) is 5.11. The predicted molar refractivity (Wildman–Crippen MR) is 90.3 cm³/mol. The Morgan fingerprint density at radius 3 is 2.29 bits per heavy atom. The van der Waals surface area contributed by atoms with Gasteiger partial charge in [0.25, 0.3) is 0 Å². The maximum atomic E-state index is 13.9. The topological polar surface area (TPSA) is 104 Å². The largest absolute Gasteiger partial charge is 0.374 e. The second-order valence-electron chi connectivity index (χ2n) is 5.11. The molecule has 0 aliphatic carbocycles. The molecule has 24 heavy (non-hydrogen) atoms. The van der Waals surface area contributed by atoms with Gasteiger partial charge in [0.05, 0.1) is 13.2 Å². The molecule has 7 heteroatoms. The smallest absolute Gasteiger partial charge is 0.228 e. The summed E-state index contributed by atoms with van der Waals surface area (Å²) in [6, 6.07) is 15.1. The quantitative estimate of drug-likeness (QED) is 0.595. The van der Waals surface area contributed by atoms with Gasteiger partial charge in [-0.3, -0.25) is 10.1 Å². The standard InChI is InChI=1S/C16H17FN2O3.CH5N/c17-15-9-5-4-8-14(15)16(18,11-19(20)21)12-22-10-13-6-2-1-3-7-13;1-2/h1-9H,10-12,18H2;2H2,1H3. The van der Waals surface area contributed by atoms with Crippen LogP contribution in [0.25, 0.3) is 0 Å². The molecule has 2 rings (SSSR count). The average molecular weight is 335 g/mol. The van der Waals surface area contributed by atoms with Crippen LogP contribution in [0.1, 0.15) is 11.1 Å². The van der Waals surface area contributed by atoms with Crippen molar-refractivity contribution in [1.82, 2.24) is 0 Å². The van der Waals surface area contributed by atoms with Crippen LogP contribution in [-0.2, 0) is 16.9 Å². The van der Waals surface area contributed by atoms with E-state index in [1.165, 1.54) is 25.2 Å². The van der Waals surface area contributed by atoms with Crippen molar-refractivity contribution < 1.29 is 14.1 Å². The molecule has 0 saturated heterocycles. The molecule has 130 valence electrons. The average Bonchev–Trinajstić information content (AvgIpc) is 2.57. The van der Waals surface area contributed by atoms with E-state index in [4.69, 9.17) is 10.5 Å². The molecule has 2 aromatic carbocycles. The van der Waals surface area contributed by atoms with Crippen LogP contribution >= 0.6 is 0 Å². The van der Waals surface area contributed by atoms with Gasteiger partial charge in [0.15, 0.2) is 0 Å². The minimum absolute atomic E-state index is 0.0831. The SMILES string of the molecule is CN.NC(COCc1ccccc1)(C[N+](=O)[O-])c1ccccc1F. The molecule has 1 atom stereocenters. The monoisotopic (exact) mass is 335 g/mol. The summed E-state index contributed by atoms with van der Waals surface area (Å²) in [4.78, 5) is 10.3. The first-order valence-corrected chi connectivity index (χ1v) is 7.36. The summed E-state index contributed by atoms with van der Waals surface area (Å²) in [5.74, 6) is -0.574. The number of nitro groups is 1. The van der Waals surface area contributed by atoms with E-state index in [0.29, 0.717) is 0 Å². The van der Waals surface area contributed by atoms with Crippen molar-refractivity contribution in [3.05, 3.63) is 81.7 Å². The first-order valence-electron chi connectivity index (χ1n) is 7.36. The maximum absolute atomic E-state index is 13.9. The third-order valence-corrected chi connectivity index (χ3v) is 3.29. The number of ether oxygens (including phenoxy) is 1. The molecule has 0 amide bonds. The molecule has 0 bridgehead atoms. The first kappa shape index (κ1) is 19.7. The summed E-state index contributed by atoms with van der Waals surface area (Å²) >= 11 is 0. The van der Waals surface area contributed by atoms with Gasteiger partial charge in [-0.25, -0.2) is 4.39 Å². The Bertz CT molecular complexity index is 640. The number of hydrogen-bond donors (Lipinski definition) is 2. The molecule has 0 aliphatic heterocycles. The minimum atomic E-state index is -1.51. The number of nitrogens with two attached hydrogens (primary N) is 2. The molecule has 0 radical (unpaired) electrons. The van der Waals surface area contributed by atoms with Crippen LogP contribution in [0.15, 0.2) is 54.6 Å². The number of nitrogens with zero attached hydrogens (tertiary/aromatic N) is 1. The fourth-order valence-corrected chi connectivity index (χ4v) is 2.23. The molecule has 0 spiro atoms. The number of rotatable bonds is 7. The van der Waals surface area contributed by atoms with Gasteiger partial charge in [-0.1, -0.05) is 48.5 Å². The zero-order valence-electron chi connectivity index (χ0n) is 13.5. The highest BCUT2D eigenvalue weighted by Gasteiger charge is 2.36. The van der Waals surface area contributed by atoms with E-state index in [1.54, 1.807) is 6.07 Å². The molecule has 4 N–H and O–H groups in total. The third kappa shape index (κ3) is 5.69. The Morgan fingerprint density at radius 1 is 1.12 bits per heavy atom. The third-order valence-electron chi connectivity index (χ3n) is 3.29. The van der Waals surface area contributed by atoms with E-state index in [9.17, 15) is 14.5 Å². The van der Waals surface area contributed by atoms with Crippen molar-refractivity contribution in [2.45, 2.75) is 12.1 Å². The zero-order chi connectivity index (χ0) is 18.0. The van der Waals surface area contributed by atoms with E-state index in [0.717, 1.165) is 5.56 Å². The fourth-order valence-electron chi connectivity index (χ4n) is 2.23. The Labute approximate surface area is 140 Å². The van der Waals surface area contributed by atoms with Crippen molar-refractivity contribution in [3.8, 4) is 0 Å². The van der Waals surface area contributed by atoms with Crippen molar-refractivity contribution in [3.63, 3.8) is 0 Å². The van der Waals surface area contributed by atoms with E-state index >= 15 is 0 Å². The van der Waals surface area contributed by atoms with Gasteiger partial charge in [-0.15, -0.1) is 0 Å². The highest BCUT2D eigenvalue weighted by atomic mass is 19.1. The van der Waals surface area contributed by atoms with Crippen LogP contribution in [0.5, 0.6) is 0 Å². The van der Waals surface area contributed by atoms with Crippen LogP contribution in [0, 0.1) is 15.9 Å². The van der Waals surface area contributed by atoms with Crippen molar-refractivity contribution in [2.75, 3.05) is 20.2 Å². The number of benzene rings is 2. The van der Waals surface area contributed by atoms with Crippen molar-refractivity contribution in [2.24, 2.45) is 11.5 Å². The van der Waals surface area contributed by atoms with E-state index in [1.807, 2.05) is 30.3 Å². The number of hydrogen-bond acceptors (Lipinski definition) is 5. The van der Waals surface area contributed by atoms with Crippen LogP contribution in [-0.4, -0.2) is 25.1 Å². The molecule has 0 heterocycles. The Kier molecular flexibility index (Phi) is 7.97. The lowest BCUT2D eigenvalue weighted by Crippen LogP contribution is -2.48. The zero-order valence-corrected chi connectivity index (χ0v) is 13.5. The summed E-state index contributed by atoms with van der Waals surface area (Å²) in [7, 11) is 1.50. The van der Waals surface area contributed by atoms with Gasteiger partial charge in [-0.05, 0) is 18.7 Å². The first-order chi connectivity index (χ1) is 11.5. The predicted octanol–water partition coefficient (Wildman–Crippen LogP) is 2.05. The molecule has 1 unspecified atom stereocenters. The molecule has 0 aliphatic rings. The molecule has 6 nitrogen and oxygen atoms in total. The molecule has 0 aromatic heterocycles. The maximum Gasteiger partial charge on any atom is 0.228 e. The van der Waals surface area contributed by atoms with E-state index in [-0.39, 0.29) is 18.8 Å². The lowest BCUT2D eigenvalue weighted by Gasteiger charge is -2.26. The van der Waals surface area contributed by atoms with Gasteiger partial charge in [0.2, 0.25) is 6.54 Å². The summed E-state index contributed by atoms with van der Waals surface area (Å²) in [5, 5.41) is 10.9. The van der Waals surface area contributed by atoms with Crippen molar-refractivity contribution >= 4 is 0 Å². The highest BCUT2D eigenvalue weighted by Crippen LogP contribution is 2.23. The molecule has 2 aromatic rings. The summed E-state index contributed by atoms with van der Waals surface area (Å²) < 4.78 is 19.4. The summed E-state index contributed by atoms with van der Waals surface area (Å²) in [5.41, 5.74) is 10.1. The van der Waals surface area contributed by atoms with E-state index < -0.39 is 22.8 Å². The Balaban J connectivity index is 0.00000139. The van der Waals surface area contributed by atoms with Gasteiger partial charge in [0, 0.05) is 10.5 Å². The number of halogens is 1. The van der Waals surface area contributed by atoms with Crippen LogP contribution in [0.3, 0.4) is 0 Å². The van der Waals surface area contributed by atoms with Gasteiger partial charge in [0.1, 0.15) is 11.4 Å². The lowest BCUT2D eigenvalue weighted by molar-refractivity contribution is -0.492. The normalized spacial score (nSPS) is 12.7. The van der Waals surface area contributed by atoms with Gasteiger partial charge >= 0.3 is 0 Å². The summed E-state index contributed by atoms with van der Waals surface area (Å²) in [6.07, 6.45) is 0. The molecular weight excluding hydrogens is 313 g/mol. The van der Waals surface area contributed by atoms with Crippen LogP contribution in [0.2, 0.25) is 0 Å². The van der Waals surface area contributed by atoms with Crippen LogP contribution in [0.4, 0.5) is 4.39 Å². The van der Waals surface area contributed by atoms with Crippen molar-refractivity contribution in [1.29, 1.82) is 0 Å². The summed E-state index contributed by atoms with van der Waals surface area (Å²) in [6.45, 7) is -0.502. The fraction of sp³-hybridized carbons (Fsp3) is 0.294. The van der Waals surface area contributed by atoms with E-state index in [2.05, 4.69) is 5.73 Å².